The molecule has 3 heterocycles. The Balaban J connectivity index is 1.78. The highest BCUT2D eigenvalue weighted by Crippen LogP contribution is 2.39. The molecule has 2 fully saturated rings. The number of allylic oxidation sites excluding steroid dienone is 1. The maximum Gasteiger partial charge on any atom is 0.193 e. The van der Waals surface area contributed by atoms with Gasteiger partial charge in [0.25, 0.3) is 0 Å². The molecule has 0 amide bonds. The highest BCUT2D eigenvalue weighted by atomic mass is 32.1. The molecule has 2 aliphatic rings. The molecule has 5 heteroatoms. The number of hydrogen-bond donors (Lipinski definition) is 0. The zero-order valence-electron chi connectivity index (χ0n) is 12.4. The van der Waals surface area contributed by atoms with Crippen molar-refractivity contribution in [3.63, 3.8) is 0 Å². The van der Waals surface area contributed by atoms with E-state index in [0.29, 0.717) is 26.4 Å². The molecule has 116 valence electrons. The van der Waals surface area contributed by atoms with Crippen molar-refractivity contribution in [1.82, 2.24) is 0 Å². The van der Waals surface area contributed by atoms with Gasteiger partial charge in [-0.3, -0.25) is 0 Å². The van der Waals surface area contributed by atoms with E-state index < -0.39 is 0 Å². The van der Waals surface area contributed by atoms with E-state index in [4.69, 9.17) is 18.9 Å². The standard InChI is InChI=1S/C16H22O4S/c1-2-3-4-5-6-12-11-13(15-17-7-8-18-15)14(21-12)16-19-9-10-20-16/h5-6,11,15-16H,2-4,7-10H2,1H3. The molecule has 1 aromatic rings. The summed E-state index contributed by atoms with van der Waals surface area (Å²) < 4.78 is 22.6. The summed E-state index contributed by atoms with van der Waals surface area (Å²) in [6.45, 7) is 4.80. The van der Waals surface area contributed by atoms with Gasteiger partial charge in [0.15, 0.2) is 12.6 Å². The number of rotatable bonds is 6. The zero-order chi connectivity index (χ0) is 14.5. The van der Waals surface area contributed by atoms with Crippen LogP contribution in [-0.2, 0) is 18.9 Å². The minimum absolute atomic E-state index is 0.268. The third-order valence-corrected chi connectivity index (χ3v) is 4.67. The molecule has 3 rings (SSSR count). The van der Waals surface area contributed by atoms with E-state index in [1.165, 1.54) is 17.7 Å². The van der Waals surface area contributed by atoms with Gasteiger partial charge in [-0.2, -0.15) is 0 Å². The average Bonchev–Trinajstić information content (AvgIpc) is 3.23. The summed E-state index contributed by atoms with van der Waals surface area (Å²) in [4.78, 5) is 2.28. The van der Waals surface area contributed by atoms with E-state index >= 15 is 0 Å². The van der Waals surface area contributed by atoms with Gasteiger partial charge in [-0.25, -0.2) is 0 Å². The highest BCUT2D eigenvalue weighted by Gasteiger charge is 2.30. The van der Waals surface area contributed by atoms with E-state index in [1.54, 1.807) is 11.3 Å². The molecule has 0 radical (unpaired) electrons. The SMILES string of the molecule is CCCCC=Cc1cc(C2OCCO2)c(C2OCCO2)s1. The topological polar surface area (TPSA) is 36.9 Å². The number of ether oxygens (including phenoxy) is 4. The lowest BCUT2D eigenvalue weighted by Gasteiger charge is -2.13. The predicted molar refractivity (Wildman–Crippen MR) is 82.2 cm³/mol. The fourth-order valence-electron chi connectivity index (χ4n) is 2.46. The zero-order valence-corrected chi connectivity index (χ0v) is 13.2. The lowest BCUT2D eigenvalue weighted by Crippen LogP contribution is -2.04. The van der Waals surface area contributed by atoms with E-state index in [0.717, 1.165) is 16.9 Å². The van der Waals surface area contributed by atoms with Crippen LogP contribution in [0.4, 0.5) is 0 Å². The summed E-state index contributed by atoms with van der Waals surface area (Å²) in [5, 5.41) is 0. The normalized spacial score (nSPS) is 21.0. The van der Waals surface area contributed by atoms with E-state index in [1.807, 2.05) is 0 Å². The van der Waals surface area contributed by atoms with Crippen molar-refractivity contribution in [2.24, 2.45) is 0 Å². The highest BCUT2D eigenvalue weighted by molar-refractivity contribution is 7.13. The smallest absolute Gasteiger partial charge is 0.193 e. The van der Waals surface area contributed by atoms with Gasteiger partial charge in [0.05, 0.1) is 31.3 Å². The van der Waals surface area contributed by atoms with Crippen molar-refractivity contribution in [2.75, 3.05) is 26.4 Å². The molecule has 0 bridgehead atoms. The molecule has 0 saturated carbocycles. The van der Waals surface area contributed by atoms with E-state index in [9.17, 15) is 0 Å². The van der Waals surface area contributed by atoms with Gasteiger partial charge in [0, 0.05) is 10.4 Å². The van der Waals surface area contributed by atoms with Gasteiger partial charge in [-0.05, 0) is 18.6 Å². The Morgan fingerprint density at radius 2 is 1.76 bits per heavy atom. The van der Waals surface area contributed by atoms with Crippen LogP contribution in [0.2, 0.25) is 0 Å². The first-order chi connectivity index (χ1) is 10.4. The summed E-state index contributed by atoms with van der Waals surface area (Å²) in [5.74, 6) is 0. The Bertz CT molecular complexity index is 437. The van der Waals surface area contributed by atoms with Crippen LogP contribution in [0.3, 0.4) is 0 Å². The number of unbranched alkanes of at least 4 members (excludes halogenated alkanes) is 2. The molecule has 21 heavy (non-hydrogen) atoms. The summed E-state index contributed by atoms with van der Waals surface area (Å²) in [6, 6.07) is 2.14. The fourth-order valence-corrected chi connectivity index (χ4v) is 3.57. The lowest BCUT2D eigenvalue weighted by atomic mass is 10.2. The Morgan fingerprint density at radius 1 is 1.10 bits per heavy atom. The molecule has 0 aliphatic carbocycles. The van der Waals surface area contributed by atoms with E-state index in [-0.39, 0.29) is 12.6 Å². The second-order valence-corrected chi connectivity index (χ2v) is 6.28. The maximum absolute atomic E-state index is 5.65. The Kier molecular flexibility index (Phi) is 5.43. The largest absolute Gasteiger partial charge is 0.346 e. The molecular formula is C16H22O4S. The molecule has 2 aliphatic heterocycles. The van der Waals surface area contributed by atoms with Gasteiger partial charge in [-0.15, -0.1) is 11.3 Å². The quantitative estimate of drug-likeness (QED) is 0.743. The van der Waals surface area contributed by atoms with Crippen molar-refractivity contribution < 1.29 is 18.9 Å². The first-order valence-corrected chi connectivity index (χ1v) is 8.46. The second-order valence-electron chi connectivity index (χ2n) is 5.16. The van der Waals surface area contributed by atoms with Crippen molar-refractivity contribution >= 4 is 17.4 Å². The first kappa shape index (κ1) is 15.2. The van der Waals surface area contributed by atoms with Crippen LogP contribution >= 0.6 is 11.3 Å². The van der Waals surface area contributed by atoms with Crippen LogP contribution < -0.4 is 0 Å². The summed E-state index contributed by atoms with van der Waals surface area (Å²) in [6.07, 6.45) is 7.43. The van der Waals surface area contributed by atoms with Crippen LogP contribution in [0.25, 0.3) is 6.08 Å². The molecule has 0 aromatic carbocycles. The molecule has 0 unspecified atom stereocenters. The summed E-state index contributed by atoms with van der Waals surface area (Å²) in [7, 11) is 0. The molecule has 0 atom stereocenters. The van der Waals surface area contributed by atoms with Gasteiger partial charge < -0.3 is 18.9 Å². The van der Waals surface area contributed by atoms with Gasteiger partial charge in [-0.1, -0.05) is 25.8 Å². The molecule has 4 nitrogen and oxygen atoms in total. The Labute approximate surface area is 129 Å². The Morgan fingerprint density at radius 3 is 2.43 bits per heavy atom. The minimum atomic E-state index is -0.276. The predicted octanol–water partition coefficient (Wildman–Crippen LogP) is 4.04. The van der Waals surface area contributed by atoms with Crippen molar-refractivity contribution in [1.29, 1.82) is 0 Å². The van der Waals surface area contributed by atoms with Crippen LogP contribution in [0.1, 0.15) is 54.1 Å². The lowest BCUT2D eigenvalue weighted by molar-refractivity contribution is -0.0613. The van der Waals surface area contributed by atoms with Gasteiger partial charge in [0.1, 0.15) is 0 Å². The average molecular weight is 310 g/mol. The van der Waals surface area contributed by atoms with Crippen LogP contribution in [-0.4, -0.2) is 26.4 Å². The van der Waals surface area contributed by atoms with Crippen LogP contribution in [0, 0.1) is 0 Å². The van der Waals surface area contributed by atoms with Crippen LogP contribution in [0.15, 0.2) is 12.1 Å². The third-order valence-electron chi connectivity index (χ3n) is 3.53. The fraction of sp³-hybridized carbons (Fsp3) is 0.625. The van der Waals surface area contributed by atoms with Crippen molar-refractivity contribution in [3.05, 3.63) is 27.5 Å². The Hall–Kier alpha value is -0.720. The number of thiophene rings is 1. The van der Waals surface area contributed by atoms with Gasteiger partial charge >= 0.3 is 0 Å². The summed E-state index contributed by atoms with van der Waals surface area (Å²) >= 11 is 1.70. The molecule has 1 aromatic heterocycles. The monoisotopic (exact) mass is 310 g/mol. The second kappa shape index (κ2) is 7.51. The van der Waals surface area contributed by atoms with Crippen LogP contribution in [0.5, 0.6) is 0 Å². The molecular weight excluding hydrogens is 288 g/mol. The number of hydrogen-bond acceptors (Lipinski definition) is 5. The molecule has 2 saturated heterocycles. The van der Waals surface area contributed by atoms with E-state index in [2.05, 4.69) is 25.1 Å². The van der Waals surface area contributed by atoms with Crippen molar-refractivity contribution in [3.8, 4) is 0 Å². The van der Waals surface area contributed by atoms with Gasteiger partial charge in [0.2, 0.25) is 0 Å². The third kappa shape index (κ3) is 3.73. The summed E-state index contributed by atoms with van der Waals surface area (Å²) in [5.41, 5.74) is 1.06. The minimum Gasteiger partial charge on any atom is -0.346 e. The maximum atomic E-state index is 5.65. The molecule has 0 spiro atoms. The van der Waals surface area contributed by atoms with Crippen molar-refractivity contribution in [2.45, 2.75) is 38.8 Å². The molecule has 0 N–H and O–H groups in total. The first-order valence-electron chi connectivity index (χ1n) is 7.65.